The Balaban J connectivity index is 2.23. The lowest BCUT2D eigenvalue weighted by Crippen LogP contribution is -2.22. The average molecular weight is 379 g/mol. The first-order chi connectivity index (χ1) is 9.08. The van der Waals surface area contributed by atoms with E-state index in [-0.39, 0.29) is 6.04 Å². The van der Waals surface area contributed by atoms with Crippen molar-refractivity contribution < 1.29 is 0 Å². The molecule has 1 aromatic carbocycles. The van der Waals surface area contributed by atoms with Crippen molar-refractivity contribution in [3.63, 3.8) is 0 Å². The summed E-state index contributed by atoms with van der Waals surface area (Å²) >= 11 is 17.2. The van der Waals surface area contributed by atoms with E-state index in [4.69, 9.17) is 23.2 Å². The maximum Gasteiger partial charge on any atom is 0.0931 e. The van der Waals surface area contributed by atoms with E-state index < -0.39 is 0 Å². The quantitative estimate of drug-likeness (QED) is 0.702. The van der Waals surface area contributed by atoms with Gasteiger partial charge in [-0.1, -0.05) is 46.1 Å². The van der Waals surface area contributed by atoms with E-state index in [0.717, 1.165) is 26.8 Å². The van der Waals surface area contributed by atoms with Crippen molar-refractivity contribution in [3.8, 4) is 0 Å². The smallest absolute Gasteiger partial charge is 0.0931 e. The van der Waals surface area contributed by atoms with E-state index in [1.165, 1.54) is 10.4 Å². The summed E-state index contributed by atoms with van der Waals surface area (Å²) in [6.45, 7) is 3.02. The molecule has 0 saturated heterocycles. The van der Waals surface area contributed by atoms with Gasteiger partial charge < -0.3 is 5.32 Å². The van der Waals surface area contributed by atoms with E-state index in [0.29, 0.717) is 0 Å². The van der Waals surface area contributed by atoms with Gasteiger partial charge in [0.2, 0.25) is 0 Å². The average Bonchev–Trinajstić information content (AvgIpc) is 2.73. The first-order valence-electron chi connectivity index (χ1n) is 6.02. The minimum absolute atomic E-state index is 0.245. The minimum atomic E-state index is 0.245. The predicted octanol–water partition coefficient (Wildman–Crippen LogP) is 5.71. The van der Waals surface area contributed by atoms with E-state index in [9.17, 15) is 0 Å². The highest BCUT2D eigenvalue weighted by Gasteiger charge is 2.13. The lowest BCUT2D eigenvalue weighted by Gasteiger charge is -2.18. The number of likely N-dealkylation sites (N-methyl/N-ethyl adjacent to an activating group) is 1. The number of halogens is 3. The highest BCUT2D eigenvalue weighted by atomic mass is 79.9. The fourth-order valence-electron chi connectivity index (χ4n) is 1.99. The van der Waals surface area contributed by atoms with Crippen molar-refractivity contribution in [1.29, 1.82) is 0 Å². The highest BCUT2D eigenvalue weighted by molar-refractivity contribution is 9.10. The molecule has 0 saturated carbocycles. The fraction of sp³-hybridized carbons (Fsp3) is 0.286. The van der Waals surface area contributed by atoms with Crippen LogP contribution in [-0.4, -0.2) is 6.54 Å². The Hall–Kier alpha value is -0.0600. The van der Waals surface area contributed by atoms with Crippen LogP contribution in [-0.2, 0) is 6.42 Å². The zero-order valence-corrected chi connectivity index (χ0v) is 14.3. The third kappa shape index (κ3) is 4.47. The molecular formula is C14H14BrCl2NS. The molecule has 1 heterocycles. The minimum Gasteiger partial charge on any atom is -0.310 e. The van der Waals surface area contributed by atoms with Crippen molar-refractivity contribution in [2.45, 2.75) is 19.4 Å². The zero-order chi connectivity index (χ0) is 13.8. The van der Waals surface area contributed by atoms with E-state index in [2.05, 4.69) is 40.3 Å². The van der Waals surface area contributed by atoms with Gasteiger partial charge >= 0.3 is 0 Å². The van der Waals surface area contributed by atoms with Crippen LogP contribution < -0.4 is 5.32 Å². The number of hydrogen-bond acceptors (Lipinski definition) is 2. The summed E-state index contributed by atoms with van der Waals surface area (Å²) < 4.78 is 1.83. The summed E-state index contributed by atoms with van der Waals surface area (Å²) in [6.07, 6.45) is 0.915. The van der Waals surface area contributed by atoms with Crippen LogP contribution >= 0.6 is 50.5 Å². The van der Waals surface area contributed by atoms with Crippen molar-refractivity contribution in [1.82, 2.24) is 5.32 Å². The second-order valence-electron chi connectivity index (χ2n) is 4.22. The Kier molecular flexibility index (Phi) is 5.72. The maximum absolute atomic E-state index is 6.13. The SMILES string of the molecule is CCNC(Cc1ccc(Cl)s1)c1cc(Cl)cc(Br)c1. The second-order valence-corrected chi connectivity index (χ2v) is 7.37. The molecule has 2 rings (SSSR count). The Morgan fingerprint density at radius 3 is 2.63 bits per heavy atom. The molecule has 2 aromatic rings. The van der Waals surface area contributed by atoms with Gasteiger partial charge in [-0.15, -0.1) is 11.3 Å². The molecule has 1 unspecified atom stereocenters. The van der Waals surface area contributed by atoms with Crippen LogP contribution in [0.3, 0.4) is 0 Å². The first-order valence-corrected chi connectivity index (χ1v) is 8.38. The Bertz CT molecular complexity index is 536. The van der Waals surface area contributed by atoms with Crippen LogP contribution in [0.25, 0.3) is 0 Å². The molecular weight excluding hydrogens is 365 g/mol. The number of rotatable bonds is 5. The molecule has 0 amide bonds. The molecule has 0 aliphatic rings. The molecule has 0 spiro atoms. The summed E-state index contributed by atoms with van der Waals surface area (Å²) in [4.78, 5) is 1.27. The summed E-state index contributed by atoms with van der Waals surface area (Å²) in [5, 5.41) is 4.24. The molecule has 102 valence electrons. The van der Waals surface area contributed by atoms with Crippen molar-refractivity contribution >= 4 is 50.5 Å². The lowest BCUT2D eigenvalue weighted by molar-refractivity contribution is 0.553. The van der Waals surface area contributed by atoms with Crippen molar-refractivity contribution in [2.24, 2.45) is 0 Å². The van der Waals surface area contributed by atoms with Gasteiger partial charge in [0.1, 0.15) is 0 Å². The van der Waals surface area contributed by atoms with Crippen LogP contribution in [0.15, 0.2) is 34.8 Å². The monoisotopic (exact) mass is 377 g/mol. The Morgan fingerprint density at radius 1 is 1.26 bits per heavy atom. The van der Waals surface area contributed by atoms with E-state index in [1.54, 1.807) is 11.3 Å². The molecule has 1 atom stereocenters. The Morgan fingerprint density at radius 2 is 2.05 bits per heavy atom. The topological polar surface area (TPSA) is 12.0 Å². The van der Waals surface area contributed by atoms with Crippen LogP contribution in [0.2, 0.25) is 9.36 Å². The normalized spacial score (nSPS) is 12.6. The molecule has 1 aromatic heterocycles. The van der Waals surface area contributed by atoms with Gasteiger partial charge in [-0.3, -0.25) is 0 Å². The molecule has 0 bridgehead atoms. The van der Waals surface area contributed by atoms with Gasteiger partial charge in [-0.25, -0.2) is 0 Å². The lowest BCUT2D eigenvalue weighted by atomic mass is 10.0. The summed E-state index contributed by atoms with van der Waals surface area (Å²) in [5.41, 5.74) is 1.19. The standard InChI is InChI=1S/C14H14BrCl2NS/c1-2-18-13(8-12-3-4-14(17)19-12)9-5-10(15)7-11(16)6-9/h3-7,13,18H,2,8H2,1H3. The maximum atomic E-state index is 6.13. The van der Waals surface area contributed by atoms with Crippen LogP contribution in [0.5, 0.6) is 0 Å². The third-order valence-electron chi connectivity index (χ3n) is 2.77. The number of nitrogens with one attached hydrogen (secondary N) is 1. The fourth-order valence-corrected chi connectivity index (χ4v) is 4.01. The molecule has 0 fully saturated rings. The van der Waals surface area contributed by atoms with Gasteiger partial charge in [-0.2, -0.15) is 0 Å². The van der Waals surface area contributed by atoms with Crippen molar-refractivity contribution in [2.75, 3.05) is 6.54 Å². The molecule has 1 nitrogen and oxygen atoms in total. The van der Waals surface area contributed by atoms with Gasteiger partial charge in [0.15, 0.2) is 0 Å². The number of hydrogen-bond donors (Lipinski definition) is 1. The molecule has 0 radical (unpaired) electrons. The second kappa shape index (κ2) is 7.09. The van der Waals surface area contributed by atoms with Gasteiger partial charge in [-0.05, 0) is 42.4 Å². The first kappa shape index (κ1) is 15.3. The largest absolute Gasteiger partial charge is 0.310 e. The predicted molar refractivity (Wildman–Crippen MR) is 88.6 cm³/mol. The summed E-state index contributed by atoms with van der Waals surface area (Å²) in [6, 6.07) is 10.3. The van der Waals surface area contributed by atoms with E-state index in [1.807, 2.05) is 18.2 Å². The Labute approximate surface area is 136 Å². The van der Waals surface area contributed by atoms with E-state index >= 15 is 0 Å². The summed E-state index contributed by atoms with van der Waals surface area (Å²) in [5.74, 6) is 0. The molecule has 1 N–H and O–H groups in total. The zero-order valence-electron chi connectivity index (χ0n) is 10.4. The highest BCUT2D eigenvalue weighted by Crippen LogP contribution is 2.29. The van der Waals surface area contributed by atoms with Gasteiger partial charge in [0.25, 0.3) is 0 Å². The number of benzene rings is 1. The van der Waals surface area contributed by atoms with Gasteiger partial charge in [0.05, 0.1) is 4.34 Å². The molecule has 5 heteroatoms. The van der Waals surface area contributed by atoms with Crippen LogP contribution in [0.4, 0.5) is 0 Å². The molecule has 0 aliphatic carbocycles. The van der Waals surface area contributed by atoms with Crippen molar-refractivity contribution in [3.05, 3.63) is 54.6 Å². The van der Waals surface area contributed by atoms with Crippen LogP contribution in [0, 0.1) is 0 Å². The molecule has 19 heavy (non-hydrogen) atoms. The van der Waals surface area contributed by atoms with Crippen LogP contribution in [0.1, 0.15) is 23.4 Å². The summed E-state index contributed by atoms with van der Waals surface area (Å²) in [7, 11) is 0. The molecule has 0 aliphatic heterocycles. The third-order valence-corrected chi connectivity index (χ3v) is 4.70. The number of thiophene rings is 1. The van der Waals surface area contributed by atoms with Gasteiger partial charge in [0, 0.05) is 26.8 Å².